The number of hydrogen-bond donors (Lipinski definition) is 0. The Morgan fingerprint density at radius 2 is 1.09 bits per heavy atom. The Labute approximate surface area is 137 Å². The van der Waals surface area contributed by atoms with Crippen LogP contribution >= 0.6 is 0 Å². The van der Waals surface area contributed by atoms with Gasteiger partial charge in [-0.05, 0) is 12.8 Å². The normalized spacial score (nSPS) is 11.0. The second-order valence-electron chi connectivity index (χ2n) is 6.14. The predicted molar refractivity (Wildman–Crippen MR) is 93.8 cm³/mol. The minimum absolute atomic E-state index is 0.849. The van der Waals surface area contributed by atoms with Gasteiger partial charge in [0, 0.05) is 19.3 Å². The molecule has 0 spiro atoms. The molecule has 1 aromatic heterocycles. The molecule has 1 rings (SSSR count). The quantitative estimate of drug-likeness (QED) is 0.454. The largest absolute Gasteiger partial charge is 0.218 e. The molecular weight excluding hydrogens is 270 g/mol. The van der Waals surface area contributed by atoms with E-state index >= 15 is 0 Å². The van der Waals surface area contributed by atoms with Crippen molar-refractivity contribution in [1.29, 1.82) is 0 Å². The second-order valence-corrected chi connectivity index (χ2v) is 6.14. The molecule has 1 aromatic rings. The van der Waals surface area contributed by atoms with Crippen LogP contribution < -0.4 is 0 Å². The number of nitrogens with zero attached hydrogens (tertiary/aromatic N) is 3. The molecule has 0 saturated carbocycles. The lowest BCUT2D eigenvalue weighted by molar-refractivity contribution is 0.604. The van der Waals surface area contributed by atoms with E-state index in [9.17, 15) is 0 Å². The summed E-state index contributed by atoms with van der Waals surface area (Å²) in [4.78, 5) is 13.8. The number of rotatable bonds is 13. The molecule has 0 aromatic carbocycles. The monoisotopic (exact) mass is 304 g/mol. The number of unbranched alkanes of at least 4 members (excludes halogenated alkanes) is 8. The van der Waals surface area contributed by atoms with Crippen LogP contribution in [-0.2, 0) is 12.8 Å². The smallest absolute Gasteiger partial charge is 0.136 e. The molecule has 0 amide bonds. The van der Waals surface area contributed by atoms with E-state index in [0.717, 1.165) is 30.3 Å². The molecule has 0 aliphatic carbocycles. The van der Waals surface area contributed by atoms with Crippen LogP contribution in [0.4, 0.5) is 0 Å². The Hall–Kier alpha value is -0.990. The van der Waals surface area contributed by atoms with E-state index in [1.165, 1.54) is 64.2 Å². The first-order valence-electron chi connectivity index (χ1n) is 9.33. The van der Waals surface area contributed by atoms with Gasteiger partial charge < -0.3 is 0 Å². The summed E-state index contributed by atoms with van der Waals surface area (Å²) in [5.74, 6) is 2.83. The highest BCUT2D eigenvalue weighted by Gasteiger charge is 2.06. The van der Waals surface area contributed by atoms with Gasteiger partial charge >= 0.3 is 0 Å². The van der Waals surface area contributed by atoms with Gasteiger partial charge in [-0.15, -0.1) is 0 Å². The summed E-state index contributed by atoms with van der Waals surface area (Å²) in [6.07, 6.45) is 16.9. The van der Waals surface area contributed by atoms with Crippen molar-refractivity contribution in [2.75, 3.05) is 0 Å². The van der Waals surface area contributed by atoms with Crippen LogP contribution in [0.2, 0.25) is 0 Å². The average molecular weight is 305 g/mol. The fourth-order valence-electron chi connectivity index (χ4n) is 2.61. The van der Waals surface area contributed by atoms with Crippen molar-refractivity contribution in [2.24, 2.45) is 0 Å². The Balaban J connectivity index is 2.42. The van der Waals surface area contributed by atoms with Crippen molar-refractivity contribution in [3.05, 3.63) is 23.9 Å². The number of aryl methyl sites for hydroxylation is 2. The van der Waals surface area contributed by atoms with E-state index in [4.69, 9.17) is 0 Å². The van der Waals surface area contributed by atoms with Gasteiger partial charge in [-0.2, -0.15) is 0 Å². The molecule has 1 heterocycles. The molecular formula is C19H34N3. The third kappa shape index (κ3) is 8.45. The summed E-state index contributed by atoms with van der Waals surface area (Å²) in [7, 11) is 0. The minimum Gasteiger partial charge on any atom is -0.218 e. The zero-order valence-electron chi connectivity index (χ0n) is 14.9. The summed E-state index contributed by atoms with van der Waals surface area (Å²) in [6, 6.07) is 0. The number of aromatic nitrogens is 3. The van der Waals surface area contributed by atoms with E-state index in [1.807, 2.05) is 13.3 Å². The zero-order chi connectivity index (χ0) is 16.0. The summed E-state index contributed by atoms with van der Waals surface area (Å²) < 4.78 is 0. The molecule has 0 saturated heterocycles. The average Bonchev–Trinajstić information content (AvgIpc) is 2.54. The van der Waals surface area contributed by atoms with Crippen LogP contribution in [0.15, 0.2) is 0 Å². The van der Waals surface area contributed by atoms with Crippen molar-refractivity contribution < 1.29 is 0 Å². The van der Waals surface area contributed by atoms with Crippen molar-refractivity contribution in [3.8, 4) is 0 Å². The molecule has 3 heteroatoms. The third-order valence-electron chi connectivity index (χ3n) is 4.01. The maximum absolute atomic E-state index is 4.67. The maximum Gasteiger partial charge on any atom is 0.136 e. The first-order chi connectivity index (χ1) is 10.8. The van der Waals surface area contributed by atoms with Crippen molar-refractivity contribution in [3.63, 3.8) is 0 Å². The molecule has 22 heavy (non-hydrogen) atoms. The van der Waals surface area contributed by atoms with Crippen LogP contribution in [0, 0.1) is 6.42 Å². The Morgan fingerprint density at radius 1 is 0.636 bits per heavy atom. The van der Waals surface area contributed by atoms with E-state index in [2.05, 4.69) is 28.8 Å². The molecule has 0 atom stereocenters. The molecule has 125 valence electrons. The summed E-state index contributed by atoms with van der Waals surface area (Å²) in [5, 5.41) is 0. The van der Waals surface area contributed by atoms with Crippen molar-refractivity contribution in [1.82, 2.24) is 15.0 Å². The van der Waals surface area contributed by atoms with Gasteiger partial charge in [-0.3, -0.25) is 0 Å². The standard InChI is InChI=1S/C19H34N3/c1-4-7-9-11-13-15-18-20-17(6-3)21-19(22-18)16-14-12-10-8-5-2/h6H,4-5,7-16H2,1-3H3. The fraction of sp³-hybridized carbons (Fsp3) is 0.789. The van der Waals surface area contributed by atoms with Crippen LogP contribution in [0.25, 0.3) is 0 Å². The topological polar surface area (TPSA) is 38.7 Å². The van der Waals surface area contributed by atoms with Gasteiger partial charge in [-0.25, -0.2) is 15.0 Å². The Bertz CT molecular complexity index is 358. The molecule has 0 bridgehead atoms. The van der Waals surface area contributed by atoms with E-state index in [0.29, 0.717) is 0 Å². The van der Waals surface area contributed by atoms with E-state index in [-0.39, 0.29) is 0 Å². The second kappa shape index (κ2) is 12.5. The first-order valence-corrected chi connectivity index (χ1v) is 9.33. The van der Waals surface area contributed by atoms with Crippen LogP contribution in [0.5, 0.6) is 0 Å². The summed E-state index contributed by atoms with van der Waals surface area (Å²) in [5.41, 5.74) is 0. The Kier molecular flexibility index (Phi) is 10.9. The maximum atomic E-state index is 4.67. The van der Waals surface area contributed by atoms with Gasteiger partial charge in [0.15, 0.2) is 0 Å². The highest BCUT2D eigenvalue weighted by Crippen LogP contribution is 2.10. The van der Waals surface area contributed by atoms with Gasteiger partial charge in [0.2, 0.25) is 0 Å². The minimum atomic E-state index is 0.849. The molecule has 0 fully saturated rings. The lowest BCUT2D eigenvalue weighted by Crippen LogP contribution is -2.07. The van der Waals surface area contributed by atoms with Crippen molar-refractivity contribution >= 4 is 0 Å². The summed E-state index contributed by atoms with van der Waals surface area (Å²) in [6.45, 7) is 6.51. The zero-order valence-corrected chi connectivity index (χ0v) is 14.9. The van der Waals surface area contributed by atoms with Crippen LogP contribution in [0.3, 0.4) is 0 Å². The predicted octanol–water partition coefficient (Wildman–Crippen LogP) is 5.47. The van der Waals surface area contributed by atoms with Gasteiger partial charge in [-0.1, -0.05) is 72.1 Å². The molecule has 0 aliphatic heterocycles. The fourth-order valence-corrected chi connectivity index (χ4v) is 2.61. The molecule has 3 nitrogen and oxygen atoms in total. The van der Waals surface area contributed by atoms with Crippen molar-refractivity contribution in [2.45, 2.75) is 97.8 Å². The third-order valence-corrected chi connectivity index (χ3v) is 4.01. The SMILES string of the molecule is C[CH]c1nc(CCCCCCC)nc(CCCCCCC)n1. The van der Waals surface area contributed by atoms with Gasteiger partial charge in [0.1, 0.15) is 17.5 Å². The molecule has 0 unspecified atom stereocenters. The lowest BCUT2D eigenvalue weighted by Gasteiger charge is -2.06. The van der Waals surface area contributed by atoms with Gasteiger partial charge in [0.25, 0.3) is 0 Å². The van der Waals surface area contributed by atoms with E-state index in [1.54, 1.807) is 0 Å². The summed E-state index contributed by atoms with van der Waals surface area (Å²) >= 11 is 0. The Morgan fingerprint density at radius 3 is 1.50 bits per heavy atom. The number of hydrogen-bond acceptors (Lipinski definition) is 3. The van der Waals surface area contributed by atoms with E-state index < -0.39 is 0 Å². The highest BCUT2D eigenvalue weighted by atomic mass is 15.0. The van der Waals surface area contributed by atoms with Crippen LogP contribution in [0.1, 0.15) is 102 Å². The molecule has 0 N–H and O–H groups in total. The highest BCUT2D eigenvalue weighted by molar-refractivity contribution is 5.04. The molecule has 1 radical (unpaired) electrons. The van der Waals surface area contributed by atoms with Gasteiger partial charge in [0.05, 0.1) is 0 Å². The lowest BCUT2D eigenvalue weighted by atomic mass is 10.1. The first kappa shape index (κ1) is 19.1. The van der Waals surface area contributed by atoms with Crippen LogP contribution in [-0.4, -0.2) is 15.0 Å². The molecule has 0 aliphatic rings.